The summed E-state index contributed by atoms with van der Waals surface area (Å²) in [7, 11) is 0. The van der Waals surface area contributed by atoms with Crippen molar-refractivity contribution < 1.29 is 19.1 Å². The van der Waals surface area contributed by atoms with Crippen molar-refractivity contribution >= 4 is 33.9 Å². The molecule has 3 heterocycles. The van der Waals surface area contributed by atoms with Crippen molar-refractivity contribution in [3.05, 3.63) is 40.9 Å². The summed E-state index contributed by atoms with van der Waals surface area (Å²) in [6.07, 6.45) is 2.37. The number of aromatic nitrogens is 2. The predicted octanol–water partition coefficient (Wildman–Crippen LogP) is 1.22. The van der Waals surface area contributed by atoms with Crippen molar-refractivity contribution in [3.63, 3.8) is 0 Å². The molecule has 1 saturated heterocycles. The van der Waals surface area contributed by atoms with Crippen LogP contribution in [0.1, 0.15) is 12.8 Å². The summed E-state index contributed by atoms with van der Waals surface area (Å²) in [4.78, 5) is 41.8. The Morgan fingerprint density at radius 2 is 2.12 bits per heavy atom. The van der Waals surface area contributed by atoms with E-state index < -0.39 is 23.5 Å². The topological polar surface area (TPSA) is 106 Å². The van der Waals surface area contributed by atoms with Crippen molar-refractivity contribution in [2.45, 2.75) is 25.4 Å². The van der Waals surface area contributed by atoms with Crippen molar-refractivity contribution in [2.24, 2.45) is 0 Å². The lowest BCUT2D eigenvalue weighted by molar-refractivity contribution is -0.148. The number of nitrogens with zero attached hydrogens (tertiary/aromatic N) is 3. The Morgan fingerprint density at radius 1 is 1.32 bits per heavy atom. The Labute approximate surface area is 141 Å². The Bertz CT molecular complexity index is 1050. The van der Waals surface area contributed by atoms with Crippen molar-refractivity contribution in [2.75, 3.05) is 6.54 Å². The van der Waals surface area contributed by atoms with Crippen LogP contribution in [0, 0.1) is 0 Å². The first-order valence-electron chi connectivity index (χ1n) is 7.95. The summed E-state index contributed by atoms with van der Waals surface area (Å²) in [6.45, 7) is 0.119. The van der Waals surface area contributed by atoms with Crippen LogP contribution in [0.2, 0.25) is 0 Å². The quantitative estimate of drug-likeness (QED) is 0.768. The van der Waals surface area contributed by atoms with E-state index in [2.05, 4.69) is 4.98 Å². The number of carbonyl (C=O) groups excluding carboxylic acids is 1. The van der Waals surface area contributed by atoms with Crippen LogP contribution in [0.25, 0.3) is 22.1 Å². The van der Waals surface area contributed by atoms with E-state index in [1.54, 1.807) is 12.1 Å². The molecule has 0 aliphatic carbocycles. The second-order valence-electron chi connectivity index (χ2n) is 6.04. The molecular formula is C17H15N3O5. The molecular weight excluding hydrogens is 326 g/mol. The zero-order chi connectivity index (χ0) is 17.6. The fourth-order valence-corrected chi connectivity index (χ4v) is 3.29. The highest BCUT2D eigenvalue weighted by atomic mass is 16.4. The molecule has 128 valence electrons. The molecule has 25 heavy (non-hydrogen) atoms. The summed E-state index contributed by atoms with van der Waals surface area (Å²) < 4.78 is 6.73. The lowest BCUT2D eigenvalue weighted by atomic mass is 10.2. The molecule has 8 nitrogen and oxygen atoms in total. The third-order valence-corrected chi connectivity index (χ3v) is 4.51. The number of fused-ring (bicyclic) bond motifs is 3. The highest BCUT2D eigenvalue weighted by Gasteiger charge is 2.34. The van der Waals surface area contributed by atoms with Gasteiger partial charge in [-0.15, -0.1) is 0 Å². The number of aliphatic carboxylic acids is 1. The van der Waals surface area contributed by atoms with Crippen LogP contribution in [-0.2, 0) is 16.1 Å². The Kier molecular flexibility index (Phi) is 3.52. The van der Waals surface area contributed by atoms with E-state index in [1.165, 1.54) is 11.2 Å². The molecule has 1 N–H and O–H groups in total. The van der Waals surface area contributed by atoms with Crippen molar-refractivity contribution in [3.8, 4) is 0 Å². The molecule has 1 aromatic carbocycles. The number of carbonyl (C=O) groups is 2. The lowest BCUT2D eigenvalue weighted by Gasteiger charge is -2.21. The zero-order valence-corrected chi connectivity index (χ0v) is 13.2. The normalized spacial score (nSPS) is 17.4. The molecule has 1 aliphatic rings. The molecule has 0 bridgehead atoms. The zero-order valence-electron chi connectivity index (χ0n) is 13.2. The summed E-state index contributed by atoms with van der Waals surface area (Å²) in [5, 5.41) is 9.92. The summed E-state index contributed by atoms with van der Waals surface area (Å²) in [5.74, 6) is -1.44. The monoisotopic (exact) mass is 341 g/mol. The van der Waals surface area contributed by atoms with Gasteiger partial charge in [0.2, 0.25) is 11.5 Å². The smallest absolute Gasteiger partial charge is 0.326 e. The van der Waals surface area contributed by atoms with Crippen LogP contribution in [0.15, 0.2) is 39.8 Å². The van der Waals surface area contributed by atoms with E-state index in [0.717, 1.165) is 9.95 Å². The first kappa shape index (κ1) is 15.4. The molecule has 0 saturated carbocycles. The number of carboxylic acid groups (broad SMARTS) is 1. The first-order chi connectivity index (χ1) is 12.1. The highest BCUT2D eigenvalue weighted by Crippen LogP contribution is 2.24. The number of carboxylic acids is 1. The average Bonchev–Trinajstić information content (AvgIpc) is 3.22. The van der Waals surface area contributed by atoms with E-state index in [1.807, 2.05) is 12.1 Å². The van der Waals surface area contributed by atoms with Gasteiger partial charge in [-0.05, 0) is 25.0 Å². The molecule has 1 atom stereocenters. The highest BCUT2D eigenvalue weighted by molar-refractivity contribution is 6.01. The van der Waals surface area contributed by atoms with E-state index in [9.17, 15) is 19.5 Å². The number of para-hydroxylation sites is 1. The molecule has 1 aliphatic heterocycles. The third kappa shape index (κ3) is 2.46. The van der Waals surface area contributed by atoms with Gasteiger partial charge in [0.25, 0.3) is 5.56 Å². The van der Waals surface area contributed by atoms with Gasteiger partial charge < -0.3 is 14.4 Å². The Morgan fingerprint density at radius 3 is 2.92 bits per heavy atom. The Balaban J connectivity index is 1.69. The first-order valence-corrected chi connectivity index (χ1v) is 7.95. The van der Waals surface area contributed by atoms with Gasteiger partial charge >= 0.3 is 5.97 Å². The predicted molar refractivity (Wildman–Crippen MR) is 88.1 cm³/mol. The second kappa shape index (κ2) is 5.73. The maximum atomic E-state index is 12.6. The average molecular weight is 341 g/mol. The number of rotatable bonds is 3. The van der Waals surface area contributed by atoms with Crippen LogP contribution in [0.4, 0.5) is 0 Å². The number of amides is 1. The molecule has 0 spiro atoms. The van der Waals surface area contributed by atoms with Crippen LogP contribution in [0.5, 0.6) is 0 Å². The van der Waals surface area contributed by atoms with Crippen LogP contribution >= 0.6 is 0 Å². The van der Waals surface area contributed by atoms with Crippen molar-refractivity contribution in [1.82, 2.24) is 14.5 Å². The molecule has 1 amide bonds. The Hall–Kier alpha value is -3.16. The fraction of sp³-hybridized carbons (Fsp3) is 0.294. The van der Waals surface area contributed by atoms with Gasteiger partial charge in [-0.1, -0.05) is 12.1 Å². The molecule has 3 aromatic rings. The maximum absolute atomic E-state index is 12.6. The number of hydrogen-bond donors (Lipinski definition) is 1. The van der Waals surface area contributed by atoms with Gasteiger partial charge in [-0.3, -0.25) is 14.2 Å². The van der Waals surface area contributed by atoms with E-state index in [4.69, 9.17) is 4.42 Å². The van der Waals surface area contributed by atoms with Gasteiger partial charge in [-0.25, -0.2) is 9.78 Å². The SMILES string of the molecule is O=C(O)[C@@H]1CCCN1C(=O)Cn1cnc2c(oc3ccccc32)c1=O. The number of furan rings is 1. The fourth-order valence-electron chi connectivity index (χ4n) is 3.29. The van der Waals surface area contributed by atoms with Gasteiger partial charge in [0, 0.05) is 11.9 Å². The maximum Gasteiger partial charge on any atom is 0.326 e. The van der Waals surface area contributed by atoms with Gasteiger partial charge in [-0.2, -0.15) is 0 Å². The minimum atomic E-state index is -1.02. The molecule has 1 fully saturated rings. The van der Waals surface area contributed by atoms with Gasteiger partial charge in [0.1, 0.15) is 23.7 Å². The standard InChI is InChI=1S/C17H15N3O5/c21-13(20-7-3-5-11(20)17(23)24)8-19-9-18-14-10-4-1-2-6-12(10)25-15(14)16(19)22/h1-2,4,6,9,11H,3,5,7-8H2,(H,23,24)/t11-/m0/s1. The van der Waals surface area contributed by atoms with Crippen LogP contribution in [-0.4, -0.2) is 44.0 Å². The summed E-state index contributed by atoms with van der Waals surface area (Å²) >= 11 is 0. The number of likely N-dealkylation sites (tertiary alicyclic amines) is 1. The summed E-state index contributed by atoms with van der Waals surface area (Å²) in [5.41, 5.74) is 0.638. The van der Waals surface area contributed by atoms with Gasteiger partial charge in [0.05, 0.1) is 6.33 Å². The second-order valence-corrected chi connectivity index (χ2v) is 6.04. The van der Waals surface area contributed by atoms with Gasteiger partial charge in [0.15, 0.2) is 0 Å². The number of hydrogen-bond acceptors (Lipinski definition) is 5. The molecule has 4 rings (SSSR count). The van der Waals surface area contributed by atoms with E-state index in [-0.39, 0.29) is 12.1 Å². The lowest BCUT2D eigenvalue weighted by Crippen LogP contribution is -2.43. The van der Waals surface area contributed by atoms with Crippen LogP contribution < -0.4 is 5.56 Å². The van der Waals surface area contributed by atoms with Crippen LogP contribution in [0.3, 0.4) is 0 Å². The van der Waals surface area contributed by atoms with E-state index >= 15 is 0 Å². The minimum absolute atomic E-state index is 0.0905. The minimum Gasteiger partial charge on any atom is -0.480 e. The molecule has 8 heteroatoms. The molecule has 0 radical (unpaired) electrons. The summed E-state index contributed by atoms with van der Waals surface area (Å²) in [6, 6.07) is 6.35. The molecule has 2 aromatic heterocycles. The van der Waals surface area contributed by atoms with Crippen molar-refractivity contribution in [1.29, 1.82) is 0 Å². The number of benzene rings is 1. The third-order valence-electron chi connectivity index (χ3n) is 4.51. The van der Waals surface area contributed by atoms with E-state index in [0.29, 0.717) is 30.5 Å². The molecule has 0 unspecified atom stereocenters. The largest absolute Gasteiger partial charge is 0.480 e.